The van der Waals surface area contributed by atoms with E-state index >= 15 is 0 Å². The molecule has 0 aliphatic heterocycles. The van der Waals surface area contributed by atoms with Crippen LogP contribution in [0.25, 0.3) is 0 Å². The second-order valence-corrected chi connectivity index (χ2v) is 17.1. The SMILES string of the molecule is CC/C=C\C/C=C\C/C=C\C/C=C\C/C=C\C/C=C\CCCCCCCCC(=O)NC(COP(=O)([O-])OCC[N+](C)(C)C)C(O)/C=C/CC/C=C/CCCCCC. The maximum absolute atomic E-state index is 12.8. The molecule has 0 saturated heterocycles. The van der Waals surface area contributed by atoms with Crippen molar-refractivity contribution in [1.29, 1.82) is 0 Å². The first-order chi connectivity index (χ1) is 27.5. The second-order valence-electron chi connectivity index (χ2n) is 15.7. The third-order valence-electron chi connectivity index (χ3n) is 9.03. The van der Waals surface area contributed by atoms with Gasteiger partial charge < -0.3 is 28.8 Å². The third kappa shape index (κ3) is 41.4. The Labute approximate surface area is 349 Å². The van der Waals surface area contributed by atoms with Crippen molar-refractivity contribution in [3.05, 3.63) is 97.2 Å². The lowest BCUT2D eigenvalue weighted by atomic mass is 10.1. The number of carbonyl (C=O) groups excluding carboxylic acids is 1. The van der Waals surface area contributed by atoms with E-state index in [4.69, 9.17) is 9.05 Å². The van der Waals surface area contributed by atoms with Gasteiger partial charge in [0.1, 0.15) is 13.2 Å². The minimum atomic E-state index is -4.60. The van der Waals surface area contributed by atoms with Crippen molar-refractivity contribution in [3.8, 4) is 0 Å². The van der Waals surface area contributed by atoms with Gasteiger partial charge in [0.25, 0.3) is 7.82 Å². The monoisotopic (exact) mass is 815 g/mol. The quantitative estimate of drug-likeness (QED) is 0.0278. The highest BCUT2D eigenvalue weighted by molar-refractivity contribution is 7.45. The maximum atomic E-state index is 12.8. The van der Waals surface area contributed by atoms with Crippen LogP contribution >= 0.6 is 7.82 Å². The molecule has 3 atom stereocenters. The number of phosphoric acid groups is 1. The molecule has 0 rings (SSSR count). The van der Waals surface area contributed by atoms with Crippen LogP contribution in [0.4, 0.5) is 0 Å². The van der Waals surface area contributed by atoms with Crippen molar-refractivity contribution < 1.29 is 32.9 Å². The van der Waals surface area contributed by atoms with E-state index in [1.807, 2.05) is 27.2 Å². The summed E-state index contributed by atoms with van der Waals surface area (Å²) in [6.07, 6.45) is 54.6. The van der Waals surface area contributed by atoms with E-state index in [-0.39, 0.29) is 12.5 Å². The van der Waals surface area contributed by atoms with Gasteiger partial charge in [-0.3, -0.25) is 9.36 Å². The lowest BCUT2D eigenvalue weighted by Crippen LogP contribution is -2.45. The van der Waals surface area contributed by atoms with E-state index in [2.05, 4.69) is 104 Å². The predicted octanol–water partition coefficient (Wildman–Crippen LogP) is 11.7. The molecule has 3 unspecified atom stereocenters. The van der Waals surface area contributed by atoms with Crippen LogP contribution < -0.4 is 10.2 Å². The van der Waals surface area contributed by atoms with Gasteiger partial charge in [-0.05, 0) is 83.5 Å². The van der Waals surface area contributed by atoms with Gasteiger partial charge in [-0.25, -0.2) is 0 Å². The molecule has 0 spiro atoms. The zero-order valence-electron chi connectivity index (χ0n) is 36.7. The molecular formula is C48H83N2O6P. The largest absolute Gasteiger partial charge is 0.756 e. The van der Waals surface area contributed by atoms with Crippen LogP contribution in [0.15, 0.2) is 97.2 Å². The van der Waals surface area contributed by atoms with Crippen molar-refractivity contribution in [1.82, 2.24) is 5.32 Å². The molecule has 9 heteroatoms. The fraction of sp³-hybridized carbons (Fsp3) is 0.646. The molecule has 57 heavy (non-hydrogen) atoms. The average Bonchev–Trinajstić information content (AvgIpc) is 3.16. The summed E-state index contributed by atoms with van der Waals surface area (Å²) in [7, 11) is 1.21. The Morgan fingerprint density at radius 2 is 1.09 bits per heavy atom. The highest BCUT2D eigenvalue weighted by atomic mass is 31.2. The topological polar surface area (TPSA) is 108 Å². The molecule has 0 radical (unpaired) electrons. The van der Waals surface area contributed by atoms with Crippen LogP contribution in [0.3, 0.4) is 0 Å². The van der Waals surface area contributed by atoms with Crippen LogP contribution in [0.1, 0.15) is 149 Å². The lowest BCUT2D eigenvalue weighted by Gasteiger charge is -2.29. The first kappa shape index (κ1) is 54.4. The van der Waals surface area contributed by atoms with Gasteiger partial charge in [0, 0.05) is 6.42 Å². The molecule has 0 aromatic rings. The first-order valence-electron chi connectivity index (χ1n) is 22.1. The Bertz CT molecular complexity index is 1240. The first-order valence-corrected chi connectivity index (χ1v) is 23.6. The Balaban J connectivity index is 4.37. The molecule has 0 heterocycles. The summed E-state index contributed by atoms with van der Waals surface area (Å²) in [6, 6.07) is -0.916. The zero-order chi connectivity index (χ0) is 42.1. The van der Waals surface area contributed by atoms with Crippen molar-refractivity contribution in [2.75, 3.05) is 40.9 Å². The normalized spacial score (nSPS) is 15.3. The standard InChI is InChI=1S/C48H83N2O6P/c1-6-8-10-12-14-16-18-19-20-21-22-23-24-25-26-27-28-29-30-31-32-34-36-38-40-42-48(52)49-46(45-56-57(53,54)55-44-43-50(3,4)5)47(51)41-39-37-35-33-17-15-13-11-9-7-2/h8,10,14,16-17,19-20,22-23,25-26,28-29,33,39,41,46-47,51H,6-7,9,11-13,15,18,21,24,27,30-32,34-38,40,42-45H2,1-5H3,(H-,49,52,53,54)/b10-8-,16-14-,20-19-,23-22-,26-25-,29-28-,33-17+,41-39+. The van der Waals surface area contributed by atoms with Crippen LogP contribution in [-0.2, 0) is 18.4 Å². The average molecular weight is 815 g/mol. The summed E-state index contributed by atoms with van der Waals surface area (Å²) in [5, 5.41) is 13.7. The number of hydrogen-bond donors (Lipinski definition) is 2. The smallest absolute Gasteiger partial charge is 0.268 e. The number of allylic oxidation sites excluding steroid dienone is 15. The Morgan fingerprint density at radius 1 is 0.632 bits per heavy atom. The van der Waals surface area contributed by atoms with Crippen LogP contribution in [0, 0.1) is 0 Å². The fourth-order valence-corrected chi connectivity index (χ4v) is 6.24. The number of nitrogens with zero attached hydrogens (tertiary/aromatic N) is 1. The number of rotatable bonds is 38. The van der Waals surface area contributed by atoms with Gasteiger partial charge in [0.15, 0.2) is 0 Å². The summed E-state index contributed by atoms with van der Waals surface area (Å²) in [4.78, 5) is 25.2. The van der Waals surface area contributed by atoms with E-state index in [9.17, 15) is 19.4 Å². The van der Waals surface area contributed by atoms with Crippen molar-refractivity contribution in [3.63, 3.8) is 0 Å². The molecule has 0 saturated carbocycles. The van der Waals surface area contributed by atoms with Crippen molar-refractivity contribution >= 4 is 13.7 Å². The summed E-state index contributed by atoms with van der Waals surface area (Å²) in [5.41, 5.74) is 0. The number of aliphatic hydroxyl groups excluding tert-OH is 1. The van der Waals surface area contributed by atoms with E-state index in [1.165, 1.54) is 25.7 Å². The third-order valence-corrected chi connectivity index (χ3v) is 9.99. The minimum Gasteiger partial charge on any atom is -0.756 e. The fourth-order valence-electron chi connectivity index (χ4n) is 5.52. The molecule has 0 aromatic heterocycles. The zero-order valence-corrected chi connectivity index (χ0v) is 37.6. The molecule has 0 bridgehead atoms. The summed E-state index contributed by atoms with van der Waals surface area (Å²) in [6.45, 7) is 4.42. The van der Waals surface area contributed by atoms with Gasteiger partial charge in [-0.2, -0.15) is 0 Å². The Kier molecular flexibility index (Phi) is 37.2. The molecular weight excluding hydrogens is 732 g/mol. The molecule has 0 aliphatic rings. The number of hydrogen-bond acceptors (Lipinski definition) is 6. The van der Waals surface area contributed by atoms with E-state index in [0.717, 1.165) is 103 Å². The molecule has 0 aromatic carbocycles. The number of carbonyl (C=O) groups is 1. The Morgan fingerprint density at radius 3 is 1.63 bits per heavy atom. The molecule has 0 aliphatic carbocycles. The highest BCUT2D eigenvalue weighted by Crippen LogP contribution is 2.38. The van der Waals surface area contributed by atoms with Crippen LogP contribution in [-0.4, -0.2) is 68.5 Å². The van der Waals surface area contributed by atoms with Gasteiger partial charge in [0.05, 0.1) is 39.9 Å². The summed E-state index contributed by atoms with van der Waals surface area (Å²) in [5.74, 6) is -0.230. The maximum Gasteiger partial charge on any atom is 0.268 e. The van der Waals surface area contributed by atoms with Crippen molar-refractivity contribution in [2.45, 2.75) is 161 Å². The minimum absolute atomic E-state index is 0.0155. The number of aliphatic hydroxyl groups is 1. The van der Waals surface area contributed by atoms with Gasteiger partial charge in [0.2, 0.25) is 5.91 Å². The van der Waals surface area contributed by atoms with E-state index in [1.54, 1.807) is 6.08 Å². The molecule has 2 N–H and O–H groups in total. The van der Waals surface area contributed by atoms with Crippen LogP contribution in [0.5, 0.6) is 0 Å². The lowest BCUT2D eigenvalue weighted by molar-refractivity contribution is -0.870. The van der Waals surface area contributed by atoms with E-state index < -0.39 is 26.6 Å². The highest BCUT2D eigenvalue weighted by Gasteiger charge is 2.23. The Hall–Kier alpha value is -2.58. The van der Waals surface area contributed by atoms with E-state index in [0.29, 0.717) is 17.4 Å². The summed E-state index contributed by atoms with van der Waals surface area (Å²) < 4.78 is 23.1. The number of likely N-dealkylation sites (N-methyl/N-ethyl adjacent to an activating group) is 1. The molecule has 8 nitrogen and oxygen atoms in total. The number of quaternary nitrogens is 1. The predicted molar refractivity (Wildman–Crippen MR) is 242 cm³/mol. The number of unbranched alkanes of at least 4 members (excludes halogenated alkanes) is 11. The van der Waals surface area contributed by atoms with Gasteiger partial charge >= 0.3 is 0 Å². The van der Waals surface area contributed by atoms with Crippen molar-refractivity contribution in [2.24, 2.45) is 0 Å². The molecule has 326 valence electrons. The number of phosphoric ester groups is 1. The molecule has 1 amide bonds. The van der Waals surface area contributed by atoms with Crippen LogP contribution in [0.2, 0.25) is 0 Å². The number of amides is 1. The summed E-state index contributed by atoms with van der Waals surface area (Å²) >= 11 is 0. The van der Waals surface area contributed by atoms with Gasteiger partial charge in [-0.15, -0.1) is 0 Å². The van der Waals surface area contributed by atoms with Gasteiger partial charge in [-0.1, -0.05) is 156 Å². The second kappa shape index (κ2) is 38.9. The molecule has 0 fully saturated rings. The number of nitrogens with one attached hydrogen (secondary N) is 1.